The van der Waals surface area contributed by atoms with Crippen LogP contribution in [-0.2, 0) is 6.54 Å². The van der Waals surface area contributed by atoms with Crippen molar-refractivity contribution in [2.45, 2.75) is 6.54 Å². The fourth-order valence-electron chi connectivity index (χ4n) is 7.03. The van der Waals surface area contributed by atoms with Crippen molar-refractivity contribution in [1.82, 2.24) is 56.0 Å². The van der Waals surface area contributed by atoms with Gasteiger partial charge in [-0.25, -0.2) is 0 Å². The van der Waals surface area contributed by atoms with Crippen LogP contribution < -0.4 is 0 Å². The van der Waals surface area contributed by atoms with Crippen LogP contribution in [-0.4, -0.2) is 218 Å². The summed E-state index contributed by atoms with van der Waals surface area (Å²) in [5.41, 5.74) is 1.21. The van der Waals surface area contributed by atoms with Crippen molar-refractivity contribution in [3.05, 3.63) is 35.9 Å². The Morgan fingerprint density at radius 2 is 0.569 bits per heavy atom. The monoisotopic (exact) mass is 817 g/mol. The molecule has 0 unspecified atom stereocenters. The second-order valence-corrected chi connectivity index (χ2v) is 32.9. The third-order valence-corrected chi connectivity index (χ3v) is 30.1. The molecule has 0 bridgehead atoms. The van der Waals surface area contributed by atoms with Gasteiger partial charge in [-0.15, -0.1) is 0 Å². The van der Waals surface area contributed by atoms with Crippen LogP contribution in [0.25, 0.3) is 0 Å². The van der Waals surface area contributed by atoms with Gasteiger partial charge in [0, 0.05) is 0 Å². The van der Waals surface area contributed by atoms with Crippen LogP contribution in [0.4, 0.5) is 0 Å². The minimum atomic E-state index is -4.01. The van der Waals surface area contributed by atoms with Crippen LogP contribution in [0.3, 0.4) is 0 Å². The normalized spacial score (nSPS) is 14.7. The summed E-state index contributed by atoms with van der Waals surface area (Å²) in [5, 5.41) is 0. The predicted molar refractivity (Wildman–Crippen MR) is 234 cm³/mol. The summed E-state index contributed by atoms with van der Waals surface area (Å²) in [4.78, 5) is 0. The third-order valence-electron chi connectivity index (χ3n) is 8.69. The number of benzene rings is 1. The van der Waals surface area contributed by atoms with Crippen molar-refractivity contribution in [1.29, 1.82) is 0 Å². The average molecular weight is 817 g/mol. The maximum absolute atomic E-state index is 6.30. The van der Waals surface area contributed by atoms with Gasteiger partial charge in [0.2, 0.25) is 0 Å². The van der Waals surface area contributed by atoms with Crippen LogP contribution in [0, 0.1) is 0 Å². The second kappa shape index (κ2) is 19.3. The first-order valence-corrected chi connectivity index (χ1v) is 25.1. The third kappa shape index (κ3) is 9.91. The van der Waals surface area contributed by atoms with E-state index in [-0.39, 0.29) is 0 Å². The van der Waals surface area contributed by atoms with Crippen molar-refractivity contribution >= 4 is 37.9 Å². The number of rotatable bonds is 18. The van der Waals surface area contributed by atoms with Gasteiger partial charge >= 0.3 is 317 Å². The topological polar surface area (TPSA) is 88.3 Å². The quantitative estimate of drug-likeness (QED) is 0.152. The summed E-state index contributed by atoms with van der Waals surface area (Å²) in [6.45, 7) is 0.693. The molecule has 0 aliphatic carbocycles. The van der Waals surface area contributed by atoms with E-state index < -0.39 is 37.9 Å². The van der Waals surface area contributed by atoms with Gasteiger partial charge in [-0.3, -0.25) is 0 Å². The number of hydrogen-bond acceptors (Lipinski definition) is 4. The molecular formula is C30H77N16P5. The van der Waals surface area contributed by atoms with Gasteiger partial charge in [-0.2, -0.15) is 0 Å². The Morgan fingerprint density at radius 3 is 0.784 bits per heavy atom. The molecule has 0 heterocycles. The Balaban J connectivity index is 5.42. The molecule has 16 nitrogen and oxygen atoms in total. The number of nitrogens with zero attached hydrogens (tertiary/aromatic N) is 16. The van der Waals surface area contributed by atoms with E-state index in [0.29, 0.717) is 6.54 Å². The maximum atomic E-state index is 6.30. The zero-order chi connectivity index (χ0) is 40.1. The van der Waals surface area contributed by atoms with Gasteiger partial charge in [-0.1, -0.05) is 0 Å². The van der Waals surface area contributed by atoms with Crippen molar-refractivity contribution in [2.75, 3.05) is 162 Å². The van der Waals surface area contributed by atoms with Crippen molar-refractivity contribution in [2.24, 2.45) is 18.1 Å². The summed E-state index contributed by atoms with van der Waals surface area (Å²) in [6.07, 6.45) is 0. The fraction of sp³-hybridized carbons (Fsp3) is 0.800. The molecule has 0 saturated carbocycles. The Morgan fingerprint density at radius 1 is 0.353 bits per heavy atom. The van der Waals surface area contributed by atoms with E-state index in [1.807, 2.05) is 0 Å². The summed E-state index contributed by atoms with van der Waals surface area (Å²) < 4.78 is 52.3. The molecule has 0 atom stereocenters. The van der Waals surface area contributed by atoms with Crippen LogP contribution in [0.5, 0.6) is 0 Å². The molecule has 0 aliphatic rings. The van der Waals surface area contributed by atoms with E-state index in [2.05, 4.69) is 248 Å². The molecule has 0 N–H and O–H groups in total. The van der Waals surface area contributed by atoms with Gasteiger partial charge in [0.05, 0.1) is 0 Å². The standard InChI is InChI=1S/C30H77N16P5/c1-35(2)48(36(3)4,37(5)6)31-47(32-49(38(7)8,39(9)10)40(11)12,33-50(41(13)14,42(15)16)43(17)18)34-51(44(19)20,45(21)22)46(23)29-30-27-25-24-26-28-30/h24-28,47H,29H2,1-23H3. The molecule has 1 aromatic rings. The summed E-state index contributed by atoms with van der Waals surface area (Å²) >= 11 is 0. The summed E-state index contributed by atoms with van der Waals surface area (Å²) in [6, 6.07) is 10.6. The van der Waals surface area contributed by atoms with E-state index in [4.69, 9.17) is 18.1 Å². The first-order valence-electron chi connectivity index (χ1n) is 17.0. The SMILES string of the molecule is CN(C)P(=N[PH](N=P(N(C)C)(N(C)C)N(C)C)(N=P(N(C)C)(N(C)C)N(C)C)N=P(N(C)C)(N(C)C)N(C)Cc1ccccc1)(N(C)C)N(C)C. The molecule has 0 fully saturated rings. The molecule has 0 aromatic heterocycles. The summed E-state index contributed by atoms with van der Waals surface area (Å²) in [5.74, 6) is 0. The molecule has 1 rings (SSSR count). The molecule has 0 saturated heterocycles. The van der Waals surface area contributed by atoms with Crippen LogP contribution in [0.2, 0.25) is 0 Å². The van der Waals surface area contributed by atoms with E-state index in [1.165, 1.54) is 5.56 Å². The second-order valence-electron chi connectivity index (χ2n) is 14.8. The van der Waals surface area contributed by atoms with Crippen LogP contribution in [0.1, 0.15) is 5.56 Å². The Labute approximate surface area is 315 Å². The molecule has 302 valence electrons. The molecule has 51 heavy (non-hydrogen) atoms. The van der Waals surface area contributed by atoms with E-state index in [9.17, 15) is 0 Å². The number of hydrogen-bond donors (Lipinski definition) is 0. The molecule has 0 radical (unpaired) electrons. The zero-order valence-electron chi connectivity index (χ0n) is 36.5. The molecule has 1 aromatic carbocycles. The van der Waals surface area contributed by atoms with Gasteiger partial charge in [0.15, 0.2) is 0 Å². The first kappa shape index (κ1) is 49.1. The van der Waals surface area contributed by atoms with E-state index in [1.54, 1.807) is 0 Å². The predicted octanol–water partition coefficient (Wildman–Crippen LogP) is 6.49. The van der Waals surface area contributed by atoms with E-state index >= 15 is 0 Å². The zero-order valence-corrected chi connectivity index (χ0v) is 41.1. The van der Waals surface area contributed by atoms with Crippen molar-refractivity contribution in [3.8, 4) is 0 Å². The summed E-state index contributed by atoms with van der Waals surface area (Å²) in [7, 11) is 34.3. The first-order chi connectivity index (χ1) is 23.2. The van der Waals surface area contributed by atoms with Crippen LogP contribution >= 0.6 is 37.9 Å². The molecule has 21 heteroatoms. The van der Waals surface area contributed by atoms with Gasteiger partial charge in [-0.05, 0) is 0 Å². The van der Waals surface area contributed by atoms with Crippen molar-refractivity contribution < 1.29 is 0 Å². The average Bonchev–Trinajstić information content (AvgIpc) is 2.98. The Kier molecular flexibility index (Phi) is 18.6. The van der Waals surface area contributed by atoms with Gasteiger partial charge in [0.1, 0.15) is 0 Å². The molecule has 0 aliphatic heterocycles. The van der Waals surface area contributed by atoms with Gasteiger partial charge in [0.25, 0.3) is 0 Å². The molecular weight excluding hydrogens is 739 g/mol. The molecule has 0 amide bonds. The fourth-order valence-corrected chi connectivity index (χ4v) is 33.1. The van der Waals surface area contributed by atoms with Gasteiger partial charge < -0.3 is 0 Å². The van der Waals surface area contributed by atoms with Crippen molar-refractivity contribution in [3.63, 3.8) is 0 Å². The minimum absolute atomic E-state index is 0.693. The Hall–Kier alpha value is 0.0900. The molecule has 0 spiro atoms. The van der Waals surface area contributed by atoms with Crippen LogP contribution in [0.15, 0.2) is 48.4 Å². The van der Waals surface area contributed by atoms with E-state index in [0.717, 1.165) is 0 Å². The Bertz CT molecular complexity index is 1260.